The number of hydrogen-bond donors (Lipinski definition) is 0. The van der Waals surface area contributed by atoms with Crippen molar-refractivity contribution in [3.63, 3.8) is 0 Å². The van der Waals surface area contributed by atoms with Gasteiger partial charge in [-0.15, -0.1) is 0 Å². The first-order valence-electron chi connectivity index (χ1n) is 9.21. The number of hydrogen-bond acceptors (Lipinski definition) is 5. The van der Waals surface area contributed by atoms with E-state index in [9.17, 15) is 9.18 Å². The predicted octanol–water partition coefficient (Wildman–Crippen LogP) is 2.23. The number of pyridine rings is 2. The maximum atomic E-state index is 13.7. The molecule has 1 unspecified atom stereocenters. The third kappa shape index (κ3) is 3.51. The Morgan fingerprint density at radius 3 is 2.81 bits per heavy atom. The molecule has 2 aliphatic rings. The fraction of sp³-hybridized carbons (Fsp3) is 0.450. The average molecular weight is 370 g/mol. The van der Waals surface area contributed by atoms with E-state index in [4.69, 9.17) is 4.74 Å². The summed E-state index contributed by atoms with van der Waals surface area (Å²) in [5.41, 5.74) is 0.654. The van der Waals surface area contributed by atoms with E-state index in [-0.39, 0.29) is 17.3 Å². The number of nitrogens with zero attached hydrogens (tertiary/aromatic N) is 4. The first-order chi connectivity index (χ1) is 13.1. The van der Waals surface area contributed by atoms with E-state index >= 15 is 0 Å². The van der Waals surface area contributed by atoms with Gasteiger partial charge in [-0.2, -0.15) is 0 Å². The monoisotopic (exact) mass is 370 g/mol. The highest BCUT2D eigenvalue weighted by atomic mass is 19.1. The van der Waals surface area contributed by atoms with Crippen molar-refractivity contribution in [2.24, 2.45) is 5.92 Å². The Morgan fingerprint density at radius 1 is 1.30 bits per heavy atom. The van der Waals surface area contributed by atoms with Gasteiger partial charge in [0.1, 0.15) is 0 Å². The Balaban J connectivity index is 1.36. The molecule has 0 radical (unpaired) electrons. The predicted molar refractivity (Wildman–Crippen MR) is 97.9 cm³/mol. The molecule has 27 heavy (non-hydrogen) atoms. The van der Waals surface area contributed by atoms with Gasteiger partial charge in [0, 0.05) is 37.2 Å². The second-order valence-electron chi connectivity index (χ2n) is 7.50. The highest BCUT2D eigenvalue weighted by Gasteiger charge is 2.51. The minimum absolute atomic E-state index is 0.0162. The number of halogens is 1. The second-order valence-corrected chi connectivity index (χ2v) is 7.50. The van der Waals surface area contributed by atoms with Crippen LogP contribution in [0.5, 0.6) is 5.88 Å². The lowest BCUT2D eigenvalue weighted by molar-refractivity contribution is -0.0696. The van der Waals surface area contributed by atoms with Crippen LogP contribution in [0.3, 0.4) is 0 Å². The molecule has 2 fully saturated rings. The molecule has 0 bridgehead atoms. The lowest BCUT2D eigenvalue weighted by Crippen LogP contribution is -2.72. The van der Waals surface area contributed by atoms with Crippen LogP contribution < -0.4 is 4.74 Å². The SMILES string of the molecule is CN1CCC(COc2ncccc2F)CC12CN(C(=O)c1ccncc1)C2. The number of likely N-dealkylation sites (tertiary alicyclic amines) is 2. The summed E-state index contributed by atoms with van der Waals surface area (Å²) in [6.07, 6.45) is 6.73. The molecule has 0 N–H and O–H groups in total. The van der Waals surface area contributed by atoms with Crippen LogP contribution in [0.2, 0.25) is 0 Å². The largest absolute Gasteiger partial charge is 0.475 e. The standard InChI is InChI=1S/C20H23FN4O2/c1-24-10-6-15(12-27-18-17(21)3-2-7-23-18)11-20(24)13-25(14-20)19(26)16-4-8-22-9-5-16/h2-5,7-9,15H,6,10-14H2,1H3. The second kappa shape index (κ2) is 7.23. The molecule has 2 aromatic heterocycles. The van der Waals surface area contributed by atoms with Crippen LogP contribution in [0.15, 0.2) is 42.9 Å². The molecule has 142 valence electrons. The maximum Gasteiger partial charge on any atom is 0.254 e. The number of carbonyl (C=O) groups excluding carboxylic acids is 1. The molecule has 1 amide bonds. The van der Waals surface area contributed by atoms with Crippen molar-refractivity contribution in [3.05, 3.63) is 54.2 Å². The molecule has 2 aromatic rings. The van der Waals surface area contributed by atoms with E-state index in [0.717, 1.165) is 19.4 Å². The third-order valence-corrected chi connectivity index (χ3v) is 5.72. The summed E-state index contributed by atoms with van der Waals surface area (Å²) in [7, 11) is 2.11. The topological polar surface area (TPSA) is 58.6 Å². The molecule has 0 saturated carbocycles. The van der Waals surface area contributed by atoms with Crippen LogP contribution in [0, 0.1) is 11.7 Å². The van der Waals surface area contributed by atoms with Crippen LogP contribution in [0.4, 0.5) is 4.39 Å². The van der Waals surface area contributed by atoms with Gasteiger partial charge in [0.15, 0.2) is 5.82 Å². The number of ether oxygens (including phenoxy) is 1. The van der Waals surface area contributed by atoms with E-state index in [1.54, 1.807) is 30.6 Å². The van der Waals surface area contributed by atoms with Crippen molar-refractivity contribution in [3.8, 4) is 5.88 Å². The number of carbonyl (C=O) groups is 1. The van der Waals surface area contributed by atoms with E-state index in [1.807, 2.05) is 4.90 Å². The Morgan fingerprint density at radius 2 is 2.07 bits per heavy atom. The molecular formula is C20H23FN4O2. The number of piperidine rings is 1. The summed E-state index contributed by atoms with van der Waals surface area (Å²) >= 11 is 0. The van der Waals surface area contributed by atoms with Crippen molar-refractivity contribution >= 4 is 5.91 Å². The Bertz CT molecular complexity index is 811. The van der Waals surface area contributed by atoms with Crippen molar-refractivity contribution in [1.82, 2.24) is 19.8 Å². The van der Waals surface area contributed by atoms with E-state index in [2.05, 4.69) is 21.9 Å². The molecule has 0 aliphatic carbocycles. The average Bonchev–Trinajstić information content (AvgIpc) is 2.67. The molecule has 4 heterocycles. The molecule has 0 aromatic carbocycles. The van der Waals surface area contributed by atoms with Crippen molar-refractivity contribution in [1.29, 1.82) is 0 Å². The first kappa shape index (κ1) is 17.9. The van der Waals surface area contributed by atoms with E-state index in [0.29, 0.717) is 31.2 Å². The smallest absolute Gasteiger partial charge is 0.254 e. The number of amides is 1. The van der Waals surface area contributed by atoms with Gasteiger partial charge in [0.2, 0.25) is 5.88 Å². The molecule has 4 rings (SSSR count). The maximum absolute atomic E-state index is 13.7. The fourth-order valence-corrected chi connectivity index (χ4v) is 4.08. The number of aromatic nitrogens is 2. The minimum atomic E-state index is -0.432. The molecule has 1 atom stereocenters. The Labute approximate surface area is 158 Å². The summed E-state index contributed by atoms with van der Waals surface area (Å²) in [6, 6.07) is 6.40. The Hall–Kier alpha value is -2.54. The van der Waals surface area contributed by atoms with Gasteiger partial charge < -0.3 is 9.64 Å². The van der Waals surface area contributed by atoms with Gasteiger partial charge in [-0.05, 0) is 56.6 Å². The number of likely N-dealkylation sites (N-methyl/N-ethyl adjacent to an activating group) is 1. The summed E-state index contributed by atoms with van der Waals surface area (Å²) < 4.78 is 19.3. The molecule has 2 aliphatic heterocycles. The lowest BCUT2D eigenvalue weighted by atomic mass is 9.75. The fourth-order valence-electron chi connectivity index (χ4n) is 4.08. The van der Waals surface area contributed by atoms with Crippen molar-refractivity contribution in [2.45, 2.75) is 18.4 Å². The summed E-state index contributed by atoms with van der Waals surface area (Å²) in [6.45, 7) is 2.80. The molecule has 1 spiro atoms. The summed E-state index contributed by atoms with van der Waals surface area (Å²) in [4.78, 5) is 24.7. The van der Waals surface area contributed by atoms with Gasteiger partial charge in [-0.3, -0.25) is 14.7 Å². The third-order valence-electron chi connectivity index (χ3n) is 5.72. The highest BCUT2D eigenvalue weighted by Crippen LogP contribution is 2.39. The summed E-state index contributed by atoms with van der Waals surface area (Å²) in [5, 5.41) is 0. The van der Waals surface area contributed by atoms with E-state index in [1.165, 1.54) is 12.3 Å². The highest BCUT2D eigenvalue weighted by molar-refractivity contribution is 5.94. The van der Waals surface area contributed by atoms with E-state index < -0.39 is 5.82 Å². The van der Waals surface area contributed by atoms with Gasteiger partial charge in [-0.25, -0.2) is 9.37 Å². The van der Waals surface area contributed by atoms with Crippen molar-refractivity contribution < 1.29 is 13.9 Å². The molecule has 6 nitrogen and oxygen atoms in total. The first-order valence-corrected chi connectivity index (χ1v) is 9.21. The quantitative estimate of drug-likeness (QED) is 0.826. The molecular weight excluding hydrogens is 347 g/mol. The molecule has 7 heteroatoms. The van der Waals surface area contributed by atoms with Crippen LogP contribution in [-0.4, -0.2) is 64.5 Å². The molecule has 2 saturated heterocycles. The zero-order valence-electron chi connectivity index (χ0n) is 15.3. The lowest BCUT2D eigenvalue weighted by Gasteiger charge is -2.58. The zero-order chi connectivity index (χ0) is 18.9. The number of rotatable bonds is 4. The van der Waals surface area contributed by atoms with Crippen LogP contribution in [0.1, 0.15) is 23.2 Å². The summed E-state index contributed by atoms with van der Waals surface area (Å²) in [5.74, 6) is -0.00220. The van der Waals surface area contributed by atoms with Gasteiger partial charge in [-0.1, -0.05) is 0 Å². The van der Waals surface area contributed by atoms with Gasteiger partial charge in [0.25, 0.3) is 5.91 Å². The van der Waals surface area contributed by atoms with Crippen molar-refractivity contribution in [2.75, 3.05) is 33.3 Å². The zero-order valence-corrected chi connectivity index (χ0v) is 15.3. The Kier molecular flexibility index (Phi) is 4.78. The van der Waals surface area contributed by atoms with Gasteiger partial charge >= 0.3 is 0 Å². The van der Waals surface area contributed by atoms with Crippen LogP contribution in [-0.2, 0) is 0 Å². The normalized spacial score (nSPS) is 21.7. The minimum Gasteiger partial charge on any atom is -0.475 e. The van der Waals surface area contributed by atoms with Crippen LogP contribution in [0.25, 0.3) is 0 Å². The van der Waals surface area contributed by atoms with Crippen LogP contribution >= 0.6 is 0 Å². The van der Waals surface area contributed by atoms with Gasteiger partial charge in [0.05, 0.1) is 12.1 Å².